The summed E-state index contributed by atoms with van der Waals surface area (Å²) in [5.74, 6) is -1.47. The predicted octanol–water partition coefficient (Wildman–Crippen LogP) is 1.09. The number of nitrogens with zero attached hydrogens (tertiary/aromatic N) is 1. The van der Waals surface area contributed by atoms with Crippen molar-refractivity contribution in [3.63, 3.8) is 0 Å². The summed E-state index contributed by atoms with van der Waals surface area (Å²) in [6.45, 7) is 8.09. The molecule has 5 heteroatoms. The molecule has 1 aliphatic rings. The van der Waals surface area contributed by atoms with Gasteiger partial charge in [0.15, 0.2) is 0 Å². The normalized spacial score (nSPS) is 18.6. The summed E-state index contributed by atoms with van der Waals surface area (Å²) in [4.78, 5) is 25.2. The Morgan fingerprint density at radius 1 is 1.33 bits per heavy atom. The second kappa shape index (κ2) is 6.18. The average molecular weight is 256 g/mol. The Hall–Kier alpha value is -1.10. The molecule has 0 unspecified atom stereocenters. The van der Waals surface area contributed by atoms with Crippen molar-refractivity contribution < 1.29 is 14.7 Å². The Morgan fingerprint density at radius 3 is 2.33 bits per heavy atom. The zero-order valence-electron chi connectivity index (χ0n) is 11.5. The molecule has 0 radical (unpaired) electrons. The van der Waals surface area contributed by atoms with Gasteiger partial charge < -0.3 is 15.3 Å². The summed E-state index contributed by atoms with van der Waals surface area (Å²) in [5, 5.41) is 11.8. The van der Waals surface area contributed by atoms with Crippen LogP contribution in [-0.4, -0.2) is 47.6 Å². The number of aliphatic carboxylic acids is 1. The maximum Gasteiger partial charge on any atom is 0.318 e. The van der Waals surface area contributed by atoms with E-state index in [4.69, 9.17) is 5.11 Å². The van der Waals surface area contributed by atoms with Crippen molar-refractivity contribution in [3.05, 3.63) is 0 Å². The van der Waals surface area contributed by atoms with Gasteiger partial charge in [-0.15, -0.1) is 0 Å². The van der Waals surface area contributed by atoms with Gasteiger partial charge in [0.05, 0.1) is 0 Å². The molecule has 2 N–H and O–H groups in total. The topological polar surface area (TPSA) is 69.6 Å². The van der Waals surface area contributed by atoms with Crippen molar-refractivity contribution in [1.29, 1.82) is 0 Å². The van der Waals surface area contributed by atoms with Crippen LogP contribution >= 0.6 is 0 Å². The first-order chi connectivity index (χ1) is 8.37. The molecule has 104 valence electrons. The molecule has 1 aliphatic heterocycles. The molecule has 0 bridgehead atoms. The first kappa shape index (κ1) is 15.0. The monoisotopic (exact) mass is 256 g/mol. The van der Waals surface area contributed by atoms with E-state index in [9.17, 15) is 9.59 Å². The maximum atomic E-state index is 11.9. The van der Waals surface area contributed by atoms with Gasteiger partial charge in [-0.3, -0.25) is 9.59 Å². The summed E-state index contributed by atoms with van der Waals surface area (Å²) in [6.07, 6.45) is 2.95. The van der Waals surface area contributed by atoms with Gasteiger partial charge in [-0.25, -0.2) is 0 Å². The second-order valence-electron chi connectivity index (χ2n) is 5.52. The highest BCUT2D eigenvalue weighted by Gasteiger charge is 2.37. The van der Waals surface area contributed by atoms with Gasteiger partial charge in [-0.1, -0.05) is 6.92 Å². The zero-order chi connectivity index (χ0) is 13.8. The van der Waals surface area contributed by atoms with Gasteiger partial charge in [-0.05, 0) is 39.7 Å². The van der Waals surface area contributed by atoms with Gasteiger partial charge >= 0.3 is 5.97 Å². The van der Waals surface area contributed by atoms with Crippen LogP contribution < -0.4 is 5.32 Å². The number of amides is 1. The molecule has 0 saturated carbocycles. The molecule has 5 nitrogen and oxygen atoms in total. The van der Waals surface area contributed by atoms with Crippen molar-refractivity contribution >= 4 is 11.9 Å². The lowest BCUT2D eigenvalue weighted by molar-refractivity contribution is -0.153. The van der Waals surface area contributed by atoms with E-state index in [2.05, 4.69) is 17.1 Å². The number of carboxylic acid groups (broad SMARTS) is 1. The molecule has 0 aromatic carbocycles. The van der Waals surface area contributed by atoms with Gasteiger partial charge in [0.1, 0.15) is 5.41 Å². The number of likely N-dealkylation sites (tertiary alicyclic amines) is 1. The molecule has 0 aromatic heterocycles. The number of carboxylic acids is 1. The summed E-state index contributed by atoms with van der Waals surface area (Å²) in [5.41, 5.74) is -1.35. The number of hydrogen-bond acceptors (Lipinski definition) is 3. The van der Waals surface area contributed by atoms with Gasteiger partial charge in [0.25, 0.3) is 0 Å². The summed E-state index contributed by atoms with van der Waals surface area (Å²) < 4.78 is 0. The summed E-state index contributed by atoms with van der Waals surface area (Å²) in [6, 6.07) is 0.115. The van der Waals surface area contributed by atoms with Crippen LogP contribution in [0.25, 0.3) is 0 Å². The van der Waals surface area contributed by atoms with Gasteiger partial charge in [0, 0.05) is 19.1 Å². The van der Waals surface area contributed by atoms with Crippen LogP contribution in [0.3, 0.4) is 0 Å². The van der Waals surface area contributed by atoms with Crippen LogP contribution in [0.5, 0.6) is 0 Å². The molecule has 1 heterocycles. The lowest BCUT2D eigenvalue weighted by Crippen LogP contribution is -2.50. The fraction of sp³-hybridized carbons (Fsp3) is 0.846. The lowest BCUT2D eigenvalue weighted by Gasteiger charge is -2.33. The third-order valence-electron chi connectivity index (χ3n) is 3.56. The van der Waals surface area contributed by atoms with E-state index >= 15 is 0 Å². The second-order valence-corrected chi connectivity index (χ2v) is 5.52. The highest BCUT2D eigenvalue weighted by Crippen LogP contribution is 2.17. The molecular formula is C13H24N2O3. The summed E-state index contributed by atoms with van der Waals surface area (Å²) in [7, 11) is 0. The average Bonchev–Trinajstić information content (AvgIpc) is 2.31. The number of nitrogens with one attached hydrogen (secondary N) is 1. The molecule has 1 fully saturated rings. The molecule has 1 rings (SSSR count). The van der Waals surface area contributed by atoms with Gasteiger partial charge in [0.2, 0.25) is 5.91 Å². The zero-order valence-corrected chi connectivity index (χ0v) is 11.5. The van der Waals surface area contributed by atoms with Crippen molar-refractivity contribution in [2.45, 2.75) is 46.1 Å². The Balaban J connectivity index is 2.41. The van der Waals surface area contributed by atoms with Crippen LogP contribution in [0.1, 0.15) is 40.0 Å². The standard InChI is InChI=1S/C13H24N2O3/c1-4-7-15-8-5-10(6-9-15)14-11(16)13(2,3)12(17)18/h10H,4-9H2,1-3H3,(H,14,16)(H,17,18). The fourth-order valence-electron chi connectivity index (χ4n) is 2.08. The quantitative estimate of drug-likeness (QED) is 0.722. The summed E-state index contributed by atoms with van der Waals surface area (Å²) >= 11 is 0. The largest absolute Gasteiger partial charge is 0.480 e. The van der Waals surface area contributed by atoms with E-state index < -0.39 is 11.4 Å². The van der Waals surface area contributed by atoms with Crippen LogP contribution in [0, 0.1) is 5.41 Å². The Kier molecular flexibility index (Phi) is 5.14. The van der Waals surface area contributed by atoms with Crippen molar-refractivity contribution in [1.82, 2.24) is 10.2 Å². The first-order valence-electron chi connectivity index (χ1n) is 6.64. The molecule has 1 amide bonds. The number of rotatable bonds is 5. The first-order valence-corrected chi connectivity index (χ1v) is 6.64. The third-order valence-corrected chi connectivity index (χ3v) is 3.56. The van der Waals surface area contributed by atoms with Crippen LogP contribution in [0.2, 0.25) is 0 Å². The Morgan fingerprint density at radius 2 is 1.89 bits per heavy atom. The number of carbonyl (C=O) groups excluding carboxylic acids is 1. The SMILES string of the molecule is CCCN1CCC(NC(=O)C(C)(C)C(=O)O)CC1. The lowest BCUT2D eigenvalue weighted by atomic mass is 9.91. The minimum Gasteiger partial charge on any atom is -0.480 e. The van der Waals surface area contributed by atoms with Crippen LogP contribution in [0.15, 0.2) is 0 Å². The third kappa shape index (κ3) is 3.70. The predicted molar refractivity (Wildman–Crippen MR) is 69.3 cm³/mol. The van der Waals surface area contributed by atoms with E-state index in [1.807, 2.05) is 0 Å². The highest BCUT2D eigenvalue weighted by molar-refractivity contribution is 6.01. The number of piperidine rings is 1. The molecule has 0 spiro atoms. The van der Waals surface area contributed by atoms with Crippen LogP contribution in [-0.2, 0) is 9.59 Å². The molecule has 0 aromatic rings. The van der Waals surface area contributed by atoms with E-state index in [-0.39, 0.29) is 11.9 Å². The minimum absolute atomic E-state index is 0.115. The van der Waals surface area contributed by atoms with Crippen molar-refractivity contribution in [2.24, 2.45) is 5.41 Å². The molecule has 1 saturated heterocycles. The maximum absolute atomic E-state index is 11.9. The minimum atomic E-state index is -1.35. The number of hydrogen-bond donors (Lipinski definition) is 2. The van der Waals surface area contributed by atoms with E-state index in [1.54, 1.807) is 0 Å². The smallest absolute Gasteiger partial charge is 0.318 e. The van der Waals surface area contributed by atoms with Gasteiger partial charge in [-0.2, -0.15) is 0 Å². The highest BCUT2D eigenvalue weighted by atomic mass is 16.4. The Labute approximate surface area is 109 Å². The molecule has 0 aliphatic carbocycles. The van der Waals surface area contributed by atoms with E-state index in [0.717, 1.165) is 38.9 Å². The van der Waals surface area contributed by atoms with E-state index in [0.29, 0.717) is 0 Å². The van der Waals surface area contributed by atoms with E-state index in [1.165, 1.54) is 13.8 Å². The van der Waals surface area contributed by atoms with Crippen molar-refractivity contribution in [3.8, 4) is 0 Å². The molecule has 18 heavy (non-hydrogen) atoms. The number of carbonyl (C=O) groups is 2. The van der Waals surface area contributed by atoms with Crippen molar-refractivity contribution in [2.75, 3.05) is 19.6 Å². The fourth-order valence-corrected chi connectivity index (χ4v) is 2.08. The Bertz CT molecular complexity index is 307. The van der Waals surface area contributed by atoms with Crippen LogP contribution in [0.4, 0.5) is 0 Å². The molecular weight excluding hydrogens is 232 g/mol. The molecule has 0 atom stereocenters.